The van der Waals surface area contributed by atoms with Crippen molar-refractivity contribution in [3.8, 4) is 5.75 Å². The maximum absolute atomic E-state index is 13.4. The molecule has 5 aromatic rings. The molecular weight excluding hydrogens is 684 g/mol. The molecule has 7 rings (SSSR count). The lowest BCUT2D eigenvalue weighted by molar-refractivity contribution is -0.145. The molecule has 278 valence electrons. The molecule has 1 atom stereocenters. The van der Waals surface area contributed by atoms with E-state index in [1.165, 1.54) is 12.1 Å². The number of pyridine rings is 1. The number of aliphatic hydroxyl groups excluding tert-OH is 1. The van der Waals surface area contributed by atoms with Gasteiger partial charge in [0.05, 0.1) is 17.0 Å². The number of benzene rings is 4. The number of H-pyrrole nitrogens is 1. The maximum Gasteiger partial charge on any atom is 0.314 e. The van der Waals surface area contributed by atoms with Crippen molar-refractivity contribution in [3.05, 3.63) is 147 Å². The predicted molar refractivity (Wildman–Crippen MR) is 204 cm³/mol. The van der Waals surface area contributed by atoms with Gasteiger partial charge in [0.1, 0.15) is 5.75 Å². The molecule has 2 aliphatic rings. The van der Waals surface area contributed by atoms with Gasteiger partial charge in [0.15, 0.2) is 0 Å². The molecule has 5 N–H and O–H groups in total. The molecule has 1 aliphatic carbocycles. The quantitative estimate of drug-likeness (QED) is 0.110. The van der Waals surface area contributed by atoms with Crippen LogP contribution in [0.5, 0.6) is 5.75 Å². The van der Waals surface area contributed by atoms with Gasteiger partial charge in [0.2, 0.25) is 11.5 Å². The second kappa shape index (κ2) is 15.7. The summed E-state index contributed by atoms with van der Waals surface area (Å²) in [7, 11) is 0. The molecule has 1 aromatic heterocycles. The van der Waals surface area contributed by atoms with Gasteiger partial charge in [0, 0.05) is 62.2 Å². The van der Waals surface area contributed by atoms with Gasteiger partial charge in [-0.1, -0.05) is 72.8 Å². The van der Waals surface area contributed by atoms with Crippen molar-refractivity contribution in [2.75, 3.05) is 19.6 Å². The highest BCUT2D eigenvalue weighted by Crippen LogP contribution is 2.37. The lowest BCUT2D eigenvalue weighted by atomic mass is 9.73. The van der Waals surface area contributed by atoms with Crippen molar-refractivity contribution in [1.29, 1.82) is 0 Å². The standard InChI is InChI=1S/C43H44N4O7/c48-36-18-16-34(35-17-19-38(50)45-39(35)36)37(49)25-44-24-28-6-8-29(9-7-28)26-47(41(52)32-14-15-32)27-30-10-12-31(13-11-30)40(51)46-22-20-43(21-23-46,42(53)54)33-4-2-1-3-5-33/h1-13,16-19,32,37,44,48-49H,14-15,20-27H2,(H,45,50)(H,53,54)/t37-/m0/s1. The Kier molecular flexibility index (Phi) is 10.6. The molecule has 1 aliphatic heterocycles. The number of phenols is 1. The van der Waals surface area contributed by atoms with Crippen LogP contribution in [0.4, 0.5) is 0 Å². The smallest absolute Gasteiger partial charge is 0.314 e. The van der Waals surface area contributed by atoms with Crippen LogP contribution in [0.25, 0.3) is 10.9 Å². The number of aliphatic carboxylic acids is 1. The van der Waals surface area contributed by atoms with Crippen LogP contribution >= 0.6 is 0 Å². The summed E-state index contributed by atoms with van der Waals surface area (Å²) in [6.45, 7) is 2.32. The van der Waals surface area contributed by atoms with Crippen molar-refractivity contribution < 1.29 is 29.7 Å². The van der Waals surface area contributed by atoms with Crippen LogP contribution in [0.3, 0.4) is 0 Å². The average molecular weight is 729 g/mol. The Hall–Kier alpha value is -5.78. The van der Waals surface area contributed by atoms with Gasteiger partial charge in [-0.15, -0.1) is 0 Å². The molecule has 1 saturated carbocycles. The number of hydrogen-bond donors (Lipinski definition) is 5. The normalized spacial score (nSPS) is 15.8. The number of aromatic hydroxyl groups is 1. The topological polar surface area (TPSA) is 163 Å². The number of likely N-dealkylation sites (tertiary alicyclic amines) is 1. The van der Waals surface area contributed by atoms with E-state index in [2.05, 4.69) is 10.3 Å². The third-order valence-corrected chi connectivity index (χ3v) is 10.8. The summed E-state index contributed by atoms with van der Waals surface area (Å²) >= 11 is 0. The molecular formula is C43H44N4O7. The van der Waals surface area contributed by atoms with Crippen molar-refractivity contribution in [2.45, 2.75) is 56.8 Å². The van der Waals surface area contributed by atoms with E-state index in [4.69, 9.17) is 0 Å². The lowest BCUT2D eigenvalue weighted by Crippen LogP contribution is -2.49. The third kappa shape index (κ3) is 7.92. The van der Waals surface area contributed by atoms with E-state index in [-0.39, 0.29) is 35.6 Å². The maximum atomic E-state index is 13.4. The van der Waals surface area contributed by atoms with E-state index in [0.717, 1.165) is 35.1 Å². The predicted octanol–water partition coefficient (Wildman–Crippen LogP) is 5.25. The number of aromatic nitrogens is 1. The van der Waals surface area contributed by atoms with Crippen LogP contribution in [-0.2, 0) is 34.6 Å². The molecule has 0 unspecified atom stereocenters. The first-order valence-electron chi connectivity index (χ1n) is 18.4. The Morgan fingerprint density at radius 3 is 2.09 bits per heavy atom. The number of aliphatic hydroxyl groups is 1. The number of hydrogen-bond acceptors (Lipinski definition) is 7. The minimum Gasteiger partial charge on any atom is -0.506 e. The van der Waals surface area contributed by atoms with E-state index in [9.17, 15) is 34.5 Å². The minimum absolute atomic E-state index is 0.0413. The summed E-state index contributed by atoms with van der Waals surface area (Å²) in [4.78, 5) is 57.1. The van der Waals surface area contributed by atoms with Gasteiger partial charge in [-0.2, -0.15) is 0 Å². The number of piperidine rings is 1. The zero-order valence-electron chi connectivity index (χ0n) is 29.9. The van der Waals surface area contributed by atoms with Gasteiger partial charge in [-0.3, -0.25) is 19.2 Å². The van der Waals surface area contributed by atoms with E-state index in [1.54, 1.807) is 29.2 Å². The van der Waals surface area contributed by atoms with Gasteiger partial charge in [-0.25, -0.2) is 0 Å². The molecule has 2 fully saturated rings. The molecule has 2 amide bonds. The molecule has 11 heteroatoms. The first-order chi connectivity index (χ1) is 26.1. The summed E-state index contributed by atoms with van der Waals surface area (Å²) in [6, 6.07) is 30.7. The van der Waals surface area contributed by atoms with Crippen molar-refractivity contribution in [2.24, 2.45) is 5.92 Å². The highest BCUT2D eigenvalue weighted by Gasteiger charge is 2.44. The van der Waals surface area contributed by atoms with Crippen LogP contribution in [0.2, 0.25) is 0 Å². The molecule has 4 aromatic carbocycles. The number of rotatable bonds is 13. The first kappa shape index (κ1) is 36.6. The molecule has 0 bridgehead atoms. The second-order valence-electron chi connectivity index (χ2n) is 14.5. The number of amides is 2. The molecule has 54 heavy (non-hydrogen) atoms. The first-order valence-corrected chi connectivity index (χ1v) is 18.4. The Bertz CT molecular complexity index is 2190. The van der Waals surface area contributed by atoms with Crippen LogP contribution in [-0.4, -0.2) is 67.5 Å². The second-order valence-corrected chi connectivity index (χ2v) is 14.5. The molecule has 0 spiro atoms. The fourth-order valence-electron chi connectivity index (χ4n) is 7.43. The SMILES string of the molecule is O=C(c1ccc(CN(Cc2ccc(CNC[C@H](O)c3ccc(O)c4[nH]c(=O)ccc34)cc2)C(=O)C2CC2)cc1)N1CCC(C(=O)O)(c2ccccc2)CC1. The lowest BCUT2D eigenvalue weighted by Gasteiger charge is -2.39. The van der Waals surface area contributed by atoms with Gasteiger partial charge in [0.25, 0.3) is 5.91 Å². The molecule has 11 nitrogen and oxygen atoms in total. The number of nitrogens with zero attached hydrogens (tertiary/aromatic N) is 2. The number of phenolic OH excluding ortho intramolecular Hbond substituents is 1. The Morgan fingerprint density at radius 1 is 0.833 bits per heavy atom. The number of fused-ring (bicyclic) bond motifs is 1. The Balaban J connectivity index is 0.937. The number of carbonyl (C=O) groups excluding carboxylic acids is 2. The van der Waals surface area contributed by atoms with Crippen molar-refractivity contribution in [1.82, 2.24) is 20.1 Å². The molecule has 2 heterocycles. The highest BCUT2D eigenvalue weighted by atomic mass is 16.4. The molecule has 0 radical (unpaired) electrons. The van der Waals surface area contributed by atoms with Crippen LogP contribution in [0.1, 0.15) is 70.0 Å². The van der Waals surface area contributed by atoms with E-state index >= 15 is 0 Å². The van der Waals surface area contributed by atoms with Gasteiger partial charge in [-0.05, 0) is 77.8 Å². The van der Waals surface area contributed by atoms with Crippen LogP contribution in [0.15, 0.2) is 108 Å². The minimum atomic E-state index is -1.00. The zero-order chi connectivity index (χ0) is 37.8. The number of carboxylic acids is 1. The Labute approximate surface area is 312 Å². The summed E-state index contributed by atoms with van der Waals surface area (Å²) < 4.78 is 0. The number of carboxylic acid groups (broad SMARTS) is 1. The largest absolute Gasteiger partial charge is 0.506 e. The highest BCUT2D eigenvalue weighted by molar-refractivity contribution is 5.94. The van der Waals surface area contributed by atoms with Crippen LogP contribution < -0.4 is 10.9 Å². The molecule has 1 saturated heterocycles. The fourth-order valence-corrected chi connectivity index (χ4v) is 7.43. The summed E-state index contributed by atoms with van der Waals surface area (Å²) in [5, 5.41) is 35.0. The van der Waals surface area contributed by atoms with Crippen molar-refractivity contribution in [3.63, 3.8) is 0 Å². The third-order valence-electron chi connectivity index (χ3n) is 10.8. The van der Waals surface area contributed by atoms with Crippen molar-refractivity contribution >= 4 is 28.7 Å². The number of aromatic amines is 1. The van der Waals surface area contributed by atoms with Crippen LogP contribution in [0, 0.1) is 5.92 Å². The summed E-state index contributed by atoms with van der Waals surface area (Å²) in [6.07, 6.45) is 1.61. The number of nitrogens with one attached hydrogen (secondary N) is 2. The van der Waals surface area contributed by atoms with E-state index in [0.29, 0.717) is 67.6 Å². The fraction of sp³-hybridized carbons (Fsp3) is 0.302. The van der Waals surface area contributed by atoms with E-state index in [1.807, 2.05) is 71.6 Å². The van der Waals surface area contributed by atoms with Gasteiger partial charge >= 0.3 is 5.97 Å². The van der Waals surface area contributed by atoms with E-state index < -0.39 is 17.5 Å². The average Bonchev–Trinajstić information content (AvgIpc) is 4.05. The summed E-state index contributed by atoms with van der Waals surface area (Å²) in [5.74, 6) is -0.888. The zero-order valence-corrected chi connectivity index (χ0v) is 29.9. The Morgan fingerprint density at radius 2 is 1.46 bits per heavy atom. The monoisotopic (exact) mass is 728 g/mol. The summed E-state index contributed by atoms with van der Waals surface area (Å²) in [5.41, 5.74) is 3.76. The number of carbonyl (C=O) groups is 3. The van der Waals surface area contributed by atoms with Gasteiger partial charge < -0.3 is 35.4 Å².